The average molecular weight is 386 g/mol. The second kappa shape index (κ2) is 9.21. The van der Waals surface area contributed by atoms with Crippen molar-refractivity contribution in [1.29, 1.82) is 0 Å². The number of carbonyl (C=O) groups excluding carboxylic acids is 2. The van der Waals surface area contributed by atoms with Gasteiger partial charge in [0.05, 0.1) is 7.11 Å². The molecule has 148 valence electrons. The molecule has 7 heteroatoms. The Morgan fingerprint density at radius 1 is 1.11 bits per heavy atom. The summed E-state index contributed by atoms with van der Waals surface area (Å²) in [6, 6.07) is 12.8. The molecule has 0 bridgehead atoms. The smallest absolute Gasteiger partial charge is 0.258 e. The molecule has 6 nitrogen and oxygen atoms in total. The van der Waals surface area contributed by atoms with Gasteiger partial charge in [-0.25, -0.2) is 4.39 Å². The first-order valence-corrected chi connectivity index (χ1v) is 9.17. The Kier molecular flexibility index (Phi) is 6.47. The fourth-order valence-corrected chi connectivity index (χ4v) is 3.18. The minimum atomic E-state index is -0.428. The Morgan fingerprint density at radius 2 is 1.82 bits per heavy atom. The minimum absolute atomic E-state index is 0.0228. The quantitative estimate of drug-likeness (QED) is 0.829. The van der Waals surface area contributed by atoms with Crippen LogP contribution in [0.1, 0.15) is 23.2 Å². The zero-order valence-corrected chi connectivity index (χ0v) is 15.7. The number of ether oxygens (including phenoxy) is 2. The Labute approximate surface area is 163 Å². The Bertz CT molecular complexity index is 835. The van der Waals surface area contributed by atoms with Crippen molar-refractivity contribution >= 4 is 11.8 Å². The fraction of sp³-hybridized carbons (Fsp3) is 0.333. The molecule has 0 unspecified atom stereocenters. The molecule has 0 spiro atoms. The zero-order chi connectivity index (χ0) is 19.9. The van der Waals surface area contributed by atoms with E-state index in [4.69, 9.17) is 9.47 Å². The first-order valence-electron chi connectivity index (χ1n) is 9.17. The van der Waals surface area contributed by atoms with Crippen molar-refractivity contribution in [1.82, 2.24) is 10.2 Å². The molecule has 1 saturated heterocycles. The van der Waals surface area contributed by atoms with E-state index in [1.807, 2.05) is 6.07 Å². The standard InChI is InChI=1S/C21H23FN2O4/c1-27-18-7-2-3-8-19(18)28-14-20(25)23-17-9-11-24(12-10-17)21(26)15-5-4-6-16(22)13-15/h2-8,13,17H,9-12,14H2,1H3,(H,23,25). The van der Waals surface area contributed by atoms with Crippen LogP contribution in [0.25, 0.3) is 0 Å². The lowest BCUT2D eigenvalue weighted by molar-refractivity contribution is -0.124. The van der Waals surface area contributed by atoms with E-state index in [0.29, 0.717) is 43.0 Å². The van der Waals surface area contributed by atoms with E-state index in [1.54, 1.807) is 36.3 Å². The summed E-state index contributed by atoms with van der Waals surface area (Å²) in [5, 5.41) is 2.93. The van der Waals surface area contributed by atoms with Crippen LogP contribution in [0.5, 0.6) is 11.5 Å². The minimum Gasteiger partial charge on any atom is -0.493 e. The maximum Gasteiger partial charge on any atom is 0.258 e. The summed E-state index contributed by atoms with van der Waals surface area (Å²) in [4.78, 5) is 26.3. The van der Waals surface area contributed by atoms with E-state index >= 15 is 0 Å². The highest BCUT2D eigenvalue weighted by Gasteiger charge is 2.25. The summed E-state index contributed by atoms with van der Waals surface area (Å²) in [5.74, 6) is 0.239. The van der Waals surface area contributed by atoms with Crippen LogP contribution in [-0.4, -0.2) is 49.6 Å². The van der Waals surface area contributed by atoms with E-state index in [2.05, 4.69) is 5.32 Å². The van der Waals surface area contributed by atoms with Crippen LogP contribution in [0.15, 0.2) is 48.5 Å². The lowest BCUT2D eigenvalue weighted by Gasteiger charge is -2.32. The molecule has 28 heavy (non-hydrogen) atoms. The molecule has 2 aromatic rings. The van der Waals surface area contributed by atoms with Crippen molar-refractivity contribution < 1.29 is 23.5 Å². The van der Waals surface area contributed by atoms with Gasteiger partial charge < -0.3 is 19.7 Å². The third-order valence-electron chi connectivity index (χ3n) is 4.65. The molecule has 1 fully saturated rings. The first kappa shape index (κ1) is 19.7. The highest BCUT2D eigenvalue weighted by Crippen LogP contribution is 2.25. The van der Waals surface area contributed by atoms with Gasteiger partial charge in [-0.2, -0.15) is 0 Å². The van der Waals surface area contributed by atoms with Crippen molar-refractivity contribution in [2.45, 2.75) is 18.9 Å². The molecule has 1 N–H and O–H groups in total. The monoisotopic (exact) mass is 386 g/mol. The molecule has 3 rings (SSSR count). The van der Waals surface area contributed by atoms with Gasteiger partial charge >= 0.3 is 0 Å². The lowest BCUT2D eigenvalue weighted by Crippen LogP contribution is -2.47. The van der Waals surface area contributed by atoms with Crippen LogP contribution >= 0.6 is 0 Å². The van der Waals surface area contributed by atoms with Gasteiger partial charge in [0.2, 0.25) is 0 Å². The third-order valence-corrected chi connectivity index (χ3v) is 4.65. The van der Waals surface area contributed by atoms with Crippen LogP contribution in [0.4, 0.5) is 4.39 Å². The SMILES string of the molecule is COc1ccccc1OCC(=O)NC1CCN(C(=O)c2cccc(F)c2)CC1. The van der Waals surface area contributed by atoms with E-state index in [9.17, 15) is 14.0 Å². The molecular formula is C21H23FN2O4. The molecule has 0 atom stereocenters. The number of hydrogen-bond donors (Lipinski definition) is 1. The van der Waals surface area contributed by atoms with Crippen molar-refractivity contribution in [3.8, 4) is 11.5 Å². The molecular weight excluding hydrogens is 363 g/mol. The van der Waals surface area contributed by atoms with Gasteiger partial charge in [0.25, 0.3) is 11.8 Å². The van der Waals surface area contributed by atoms with Gasteiger partial charge in [0.1, 0.15) is 5.82 Å². The van der Waals surface area contributed by atoms with Gasteiger partial charge in [-0.1, -0.05) is 18.2 Å². The number of amides is 2. The molecule has 2 amide bonds. The van der Waals surface area contributed by atoms with Crippen LogP contribution in [0, 0.1) is 5.82 Å². The van der Waals surface area contributed by atoms with Crippen LogP contribution < -0.4 is 14.8 Å². The van der Waals surface area contributed by atoms with Gasteiger partial charge in [0.15, 0.2) is 18.1 Å². The second-order valence-electron chi connectivity index (χ2n) is 6.58. The largest absolute Gasteiger partial charge is 0.493 e. The normalized spacial score (nSPS) is 14.4. The number of nitrogens with one attached hydrogen (secondary N) is 1. The second-order valence-corrected chi connectivity index (χ2v) is 6.58. The molecule has 0 aliphatic carbocycles. The Hall–Kier alpha value is -3.09. The predicted octanol–water partition coefficient (Wildman–Crippen LogP) is 2.63. The summed E-state index contributed by atoms with van der Waals surface area (Å²) in [5.41, 5.74) is 0.340. The number of nitrogens with zero attached hydrogens (tertiary/aromatic N) is 1. The van der Waals surface area contributed by atoms with E-state index < -0.39 is 5.82 Å². The topological polar surface area (TPSA) is 67.9 Å². The highest BCUT2D eigenvalue weighted by atomic mass is 19.1. The van der Waals surface area contributed by atoms with Crippen molar-refractivity contribution in [2.24, 2.45) is 0 Å². The number of carbonyl (C=O) groups is 2. The first-order chi connectivity index (χ1) is 13.6. The summed E-state index contributed by atoms with van der Waals surface area (Å²) in [7, 11) is 1.54. The van der Waals surface area contributed by atoms with Crippen LogP contribution in [0.3, 0.4) is 0 Å². The Morgan fingerprint density at radius 3 is 2.50 bits per heavy atom. The molecule has 0 aromatic heterocycles. The average Bonchev–Trinajstić information content (AvgIpc) is 2.72. The third kappa shape index (κ3) is 5.00. The number of methoxy groups -OCH3 is 1. The molecule has 2 aromatic carbocycles. The number of benzene rings is 2. The number of halogens is 1. The number of rotatable bonds is 6. The van der Waals surface area contributed by atoms with Gasteiger partial charge in [-0.15, -0.1) is 0 Å². The van der Waals surface area contributed by atoms with E-state index in [1.165, 1.54) is 18.2 Å². The summed E-state index contributed by atoms with van der Waals surface area (Å²) < 4.78 is 24.0. The number of hydrogen-bond acceptors (Lipinski definition) is 4. The predicted molar refractivity (Wildman–Crippen MR) is 102 cm³/mol. The van der Waals surface area contributed by atoms with Gasteiger partial charge in [-0.3, -0.25) is 9.59 Å². The molecule has 0 radical (unpaired) electrons. The molecule has 1 aliphatic rings. The summed E-state index contributed by atoms with van der Waals surface area (Å²) >= 11 is 0. The van der Waals surface area contributed by atoms with Crippen LogP contribution in [-0.2, 0) is 4.79 Å². The Balaban J connectivity index is 1.45. The summed E-state index contributed by atoms with van der Waals surface area (Å²) in [6.07, 6.45) is 1.28. The maximum absolute atomic E-state index is 13.3. The number of likely N-dealkylation sites (tertiary alicyclic amines) is 1. The van der Waals surface area contributed by atoms with Crippen molar-refractivity contribution in [3.05, 3.63) is 59.9 Å². The van der Waals surface area contributed by atoms with Gasteiger partial charge in [0, 0.05) is 24.7 Å². The zero-order valence-electron chi connectivity index (χ0n) is 15.7. The molecule has 1 heterocycles. The lowest BCUT2D eigenvalue weighted by atomic mass is 10.0. The number of piperidine rings is 1. The fourth-order valence-electron chi connectivity index (χ4n) is 3.18. The maximum atomic E-state index is 13.3. The van der Waals surface area contributed by atoms with E-state index in [-0.39, 0.29) is 24.5 Å². The van der Waals surface area contributed by atoms with Gasteiger partial charge in [-0.05, 0) is 43.2 Å². The summed E-state index contributed by atoms with van der Waals surface area (Å²) in [6.45, 7) is 0.907. The highest BCUT2D eigenvalue weighted by molar-refractivity contribution is 5.94. The van der Waals surface area contributed by atoms with Crippen molar-refractivity contribution in [2.75, 3.05) is 26.8 Å². The molecule has 0 saturated carbocycles. The van der Waals surface area contributed by atoms with Crippen LogP contribution in [0.2, 0.25) is 0 Å². The molecule has 1 aliphatic heterocycles. The van der Waals surface area contributed by atoms with E-state index in [0.717, 1.165) is 0 Å². The number of para-hydroxylation sites is 2. The van der Waals surface area contributed by atoms with Crippen molar-refractivity contribution in [3.63, 3.8) is 0 Å².